The van der Waals surface area contributed by atoms with Crippen molar-refractivity contribution in [2.45, 2.75) is 44.8 Å². The Morgan fingerprint density at radius 2 is 1.78 bits per heavy atom. The molecule has 6 nitrogen and oxygen atoms in total. The molecule has 0 aromatic heterocycles. The first-order valence-electron chi connectivity index (χ1n) is 6.30. The molecule has 0 aromatic rings. The van der Waals surface area contributed by atoms with Crippen LogP contribution < -0.4 is 0 Å². The van der Waals surface area contributed by atoms with Gasteiger partial charge in [0.15, 0.2) is 0 Å². The molecule has 2 atom stereocenters. The maximum atomic E-state index is 11.2. The fourth-order valence-electron chi connectivity index (χ4n) is 1.22. The molecule has 0 spiro atoms. The second kappa shape index (κ2) is 11.4. The van der Waals surface area contributed by atoms with Gasteiger partial charge in [0.05, 0.1) is 19.8 Å². The van der Waals surface area contributed by atoms with Gasteiger partial charge >= 0.3 is 5.97 Å². The minimum Gasteiger partial charge on any atom is -0.463 e. The van der Waals surface area contributed by atoms with E-state index in [1.165, 1.54) is 0 Å². The number of rotatable bonds is 11. The molecule has 3 N–H and O–H groups in total. The molecule has 0 heterocycles. The lowest BCUT2D eigenvalue weighted by molar-refractivity contribution is -0.148. The topological polar surface area (TPSA) is 96.2 Å². The van der Waals surface area contributed by atoms with Gasteiger partial charge in [0.25, 0.3) is 0 Å². The lowest BCUT2D eigenvalue weighted by Gasteiger charge is -2.13. The van der Waals surface area contributed by atoms with Crippen molar-refractivity contribution in [1.82, 2.24) is 0 Å². The van der Waals surface area contributed by atoms with E-state index in [0.717, 1.165) is 19.3 Å². The fourth-order valence-corrected chi connectivity index (χ4v) is 1.22. The van der Waals surface area contributed by atoms with Crippen LogP contribution in [0.25, 0.3) is 0 Å². The monoisotopic (exact) mass is 264 g/mol. The molecule has 0 rings (SSSR count). The Hall–Kier alpha value is -0.690. The van der Waals surface area contributed by atoms with Gasteiger partial charge in [0, 0.05) is 6.42 Å². The highest BCUT2D eigenvalue weighted by molar-refractivity contribution is 5.69. The van der Waals surface area contributed by atoms with E-state index in [1.54, 1.807) is 0 Å². The zero-order chi connectivity index (χ0) is 13.8. The summed E-state index contributed by atoms with van der Waals surface area (Å²) in [6.07, 6.45) is 1.33. The summed E-state index contributed by atoms with van der Waals surface area (Å²) < 4.78 is 9.78. The van der Waals surface area contributed by atoms with Crippen LogP contribution in [-0.2, 0) is 14.3 Å². The van der Waals surface area contributed by atoms with E-state index in [4.69, 9.17) is 19.7 Å². The first-order valence-corrected chi connectivity index (χ1v) is 6.30. The molecule has 0 unspecified atom stereocenters. The van der Waals surface area contributed by atoms with Crippen molar-refractivity contribution in [3.63, 3.8) is 0 Å². The van der Waals surface area contributed by atoms with E-state index in [1.807, 2.05) is 6.92 Å². The summed E-state index contributed by atoms with van der Waals surface area (Å²) in [6, 6.07) is 0. The van der Waals surface area contributed by atoms with Gasteiger partial charge in [-0.05, 0) is 6.42 Å². The lowest BCUT2D eigenvalue weighted by atomic mass is 10.2. The molecule has 0 fully saturated rings. The third-order valence-electron chi connectivity index (χ3n) is 2.25. The predicted molar refractivity (Wildman–Crippen MR) is 65.0 cm³/mol. The van der Waals surface area contributed by atoms with Crippen LogP contribution in [0.3, 0.4) is 0 Å². The zero-order valence-corrected chi connectivity index (χ0v) is 10.9. The molecule has 108 valence electrons. The van der Waals surface area contributed by atoms with Crippen LogP contribution in [0.4, 0.5) is 0 Å². The molecule has 0 aliphatic heterocycles. The minimum absolute atomic E-state index is 0.0424. The summed E-state index contributed by atoms with van der Waals surface area (Å²) in [4.78, 5) is 11.2. The van der Waals surface area contributed by atoms with Crippen molar-refractivity contribution in [1.29, 1.82) is 0 Å². The van der Waals surface area contributed by atoms with Crippen LogP contribution in [-0.4, -0.2) is 59.9 Å². The number of hydrogen-bond acceptors (Lipinski definition) is 6. The summed E-state index contributed by atoms with van der Waals surface area (Å²) in [5.74, 6) is -0.321. The Balaban J connectivity index is 3.45. The van der Waals surface area contributed by atoms with Gasteiger partial charge in [-0.25, -0.2) is 0 Å². The number of aliphatic hydroxyl groups is 3. The number of ether oxygens (including phenoxy) is 2. The molecule has 0 saturated carbocycles. The number of carbonyl (C=O) groups excluding carboxylic acids is 1. The molecule has 6 heteroatoms. The highest BCUT2D eigenvalue weighted by Crippen LogP contribution is 2.01. The second-order valence-corrected chi connectivity index (χ2v) is 4.17. The third-order valence-corrected chi connectivity index (χ3v) is 2.25. The summed E-state index contributed by atoms with van der Waals surface area (Å²) in [6.45, 7) is 1.45. The van der Waals surface area contributed by atoms with Gasteiger partial charge in [-0.2, -0.15) is 0 Å². The van der Waals surface area contributed by atoms with Crippen molar-refractivity contribution in [2.75, 3.05) is 26.4 Å². The van der Waals surface area contributed by atoms with Crippen LogP contribution in [0.2, 0.25) is 0 Å². The normalized spacial score (nSPS) is 14.2. The Morgan fingerprint density at radius 3 is 2.39 bits per heavy atom. The Labute approximate surface area is 108 Å². The highest BCUT2D eigenvalue weighted by atomic mass is 16.5. The molecule has 0 aliphatic rings. The van der Waals surface area contributed by atoms with E-state index < -0.39 is 12.2 Å². The van der Waals surface area contributed by atoms with Gasteiger partial charge in [0.1, 0.15) is 18.8 Å². The number of unbranched alkanes of at least 4 members (excludes halogenated alkanes) is 2. The molecule has 0 saturated heterocycles. The maximum absolute atomic E-state index is 11.2. The van der Waals surface area contributed by atoms with Crippen LogP contribution >= 0.6 is 0 Å². The van der Waals surface area contributed by atoms with Gasteiger partial charge in [-0.15, -0.1) is 0 Å². The average Bonchev–Trinajstić information content (AvgIpc) is 2.36. The van der Waals surface area contributed by atoms with Crippen LogP contribution in [0.5, 0.6) is 0 Å². The quantitative estimate of drug-likeness (QED) is 0.354. The van der Waals surface area contributed by atoms with E-state index >= 15 is 0 Å². The highest BCUT2D eigenvalue weighted by Gasteiger charge is 2.10. The minimum atomic E-state index is -0.950. The van der Waals surface area contributed by atoms with Crippen molar-refractivity contribution >= 4 is 5.97 Å². The summed E-state index contributed by atoms with van der Waals surface area (Å²) >= 11 is 0. The second-order valence-electron chi connectivity index (χ2n) is 4.17. The van der Waals surface area contributed by atoms with Gasteiger partial charge in [-0.3, -0.25) is 4.79 Å². The molecule has 0 aromatic carbocycles. The lowest BCUT2D eigenvalue weighted by Crippen LogP contribution is -2.27. The fraction of sp³-hybridized carbons (Fsp3) is 0.917. The van der Waals surface area contributed by atoms with E-state index in [9.17, 15) is 9.90 Å². The molecular formula is C12H24O6. The summed E-state index contributed by atoms with van der Waals surface area (Å²) in [5, 5.41) is 26.9. The van der Waals surface area contributed by atoms with Crippen LogP contribution in [0.15, 0.2) is 0 Å². The first-order chi connectivity index (χ1) is 8.60. The Bertz CT molecular complexity index is 209. The molecular weight excluding hydrogens is 240 g/mol. The Morgan fingerprint density at radius 1 is 1.11 bits per heavy atom. The molecule has 18 heavy (non-hydrogen) atoms. The van der Waals surface area contributed by atoms with Crippen molar-refractivity contribution in [3.8, 4) is 0 Å². The smallest absolute Gasteiger partial charge is 0.305 e. The van der Waals surface area contributed by atoms with Gasteiger partial charge in [0.2, 0.25) is 0 Å². The van der Waals surface area contributed by atoms with Crippen molar-refractivity contribution < 1.29 is 29.6 Å². The Kier molecular flexibility index (Phi) is 11.0. The van der Waals surface area contributed by atoms with E-state index in [-0.39, 0.29) is 32.4 Å². The standard InChI is InChI=1S/C12H24O6/c1-2-3-4-5-12(16)18-9-11(15)8-17-7-10(14)6-13/h10-11,13-15H,2-9H2,1H3/t10-,11-/m0/s1. The zero-order valence-electron chi connectivity index (χ0n) is 10.9. The summed E-state index contributed by atoms with van der Waals surface area (Å²) in [7, 11) is 0. The van der Waals surface area contributed by atoms with Crippen molar-refractivity contribution in [2.24, 2.45) is 0 Å². The largest absolute Gasteiger partial charge is 0.463 e. The van der Waals surface area contributed by atoms with Crippen LogP contribution in [0.1, 0.15) is 32.6 Å². The third kappa shape index (κ3) is 10.5. The molecule has 0 aliphatic carbocycles. The summed E-state index contributed by atoms with van der Waals surface area (Å²) in [5.41, 5.74) is 0. The number of aliphatic hydroxyl groups excluding tert-OH is 3. The number of carbonyl (C=O) groups is 1. The average molecular weight is 264 g/mol. The van der Waals surface area contributed by atoms with E-state index in [2.05, 4.69) is 0 Å². The van der Waals surface area contributed by atoms with E-state index in [0.29, 0.717) is 6.42 Å². The maximum Gasteiger partial charge on any atom is 0.305 e. The molecule has 0 amide bonds. The van der Waals surface area contributed by atoms with Crippen molar-refractivity contribution in [3.05, 3.63) is 0 Å². The molecule has 0 bridgehead atoms. The predicted octanol–water partition coefficient (Wildman–Crippen LogP) is -0.159. The number of hydrogen-bond donors (Lipinski definition) is 3. The molecule has 0 radical (unpaired) electrons. The van der Waals surface area contributed by atoms with Crippen LogP contribution in [0, 0.1) is 0 Å². The SMILES string of the molecule is CCCCCC(=O)OC[C@@H](O)COC[C@@H](O)CO. The number of esters is 1. The first kappa shape index (κ1) is 17.3. The van der Waals surface area contributed by atoms with Gasteiger partial charge < -0.3 is 24.8 Å². The van der Waals surface area contributed by atoms with Gasteiger partial charge in [-0.1, -0.05) is 19.8 Å².